The quantitative estimate of drug-likeness (QED) is 0.864. The second kappa shape index (κ2) is 6.23. The molecule has 1 aromatic heterocycles. The number of hydrogen-bond acceptors (Lipinski definition) is 4. The summed E-state index contributed by atoms with van der Waals surface area (Å²) in [7, 11) is 1.71. The van der Waals surface area contributed by atoms with Crippen molar-refractivity contribution in [2.45, 2.75) is 27.2 Å². The molecule has 1 heterocycles. The Bertz CT molecular complexity index is 500. The summed E-state index contributed by atoms with van der Waals surface area (Å²) in [5, 5.41) is 13.1. The predicted molar refractivity (Wildman–Crippen MR) is 73.4 cm³/mol. The van der Waals surface area contributed by atoms with Crippen molar-refractivity contribution < 1.29 is 4.79 Å². The summed E-state index contributed by atoms with van der Waals surface area (Å²) in [6.45, 7) is 6.56. The fourth-order valence-electron chi connectivity index (χ4n) is 1.99. The second-order valence-corrected chi connectivity index (χ2v) is 4.56. The molecule has 0 bridgehead atoms. The van der Waals surface area contributed by atoms with Crippen molar-refractivity contribution in [3.63, 3.8) is 0 Å². The van der Waals surface area contributed by atoms with E-state index in [1.54, 1.807) is 18.9 Å². The van der Waals surface area contributed by atoms with Crippen LogP contribution in [0.3, 0.4) is 0 Å². The minimum Gasteiger partial charge on any atom is -0.395 e. The molecule has 0 aliphatic carbocycles. The lowest BCUT2D eigenvalue weighted by molar-refractivity contribution is 0.0742. The first-order chi connectivity index (χ1) is 8.96. The van der Waals surface area contributed by atoms with Crippen molar-refractivity contribution in [2.75, 3.05) is 18.8 Å². The summed E-state index contributed by atoms with van der Waals surface area (Å²) >= 11 is 0. The summed E-state index contributed by atoms with van der Waals surface area (Å²) < 4.78 is 1.52. The summed E-state index contributed by atoms with van der Waals surface area (Å²) in [5.74, 6) is -0.374. The van der Waals surface area contributed by atoms with E-state index in [1.807, 2.05) is 13.8 Å². The van der Waals surface area contributed by atoms with Crippen LogP contribution in [0.2, 0.25) is 0 Å². The Kier molecular flexibility index (Phi) is 4.93. The van der Waals surface area contributed by atoms with Crippen LogP contribution in [-0.4, -0.2) is 33.7 Å². The molecule has 6 heteroatoms. The Morgan fingerprint density at radius 2 is 2.21 bits per heavy atom. The molecule has 1 amide bonds. The minimum atomic E-state index is -0.205. The Morgan fingerprint density at radius 1 is 1.58 bits per heavy atom. The summed E-state index contributed by atoms with van der Waals surface area (Å²) in [6, 6.07) is 2.13. The fraction of sp³-hybridized carbons (Fsp3) is 0.615. The van der Waals surface area contributed by atoms with Crippen LogP contribution in [0.15, 0.2) is 0 Å². The maximum atomic E-state index is 12.5. The summed E-state index contributed by atoms with van der Waals surface area (Å²) in [4.78, 5) is 14.1. The number of hydrogen-bond donors (Lipinski definition) is 1. The fourth-order valence-corrected chi connectivity index (χ4v) is 1.99. The van der Waals surface area contributed by atoms with Gasteiger partial charge in [0.15, 0.2) is 0 Å². The van der Waals surface area contributed by atoms with Crippen molar-refractivity contribution in [2.24, 2.45) is 13.0 Å². The number of aryl methyl sites for hydroxylation is 2. The van der Waals surface area contributed by atoms with Gasteiger partial charge < -0.3 is 10.6 Å². The molecule has 0 radical (unpaired) electrons. The van der Waals surface area contributed by atoms with E-state index in [0.29, 0.717) is 30.9 Å². The number of amides is 1. The molecule has 0 aliphatic rings. The number of rotatable bonds is 5. The molecular weight excluding hydrogens is 242 g/mol. The maximum absolute atomic E-state index is 12.5. The highest BCUT2D eigenvalue weighted by Crippen LogP contribution is 2.19. The van der Waals surface area contributed by atoms with Crippen LogP contribution in [-0.2, 0) is 13.5 Å². The van der Waals surface area contributed by atoms with Gasteiger partial charge in [-0.1, -0.05) is 6.92 Å². The molecule has 0 saturated carbocycles. The highest BCUT2D eigenvalue weighted by Gasteiger charge is 2.24. The van der Waals surface area contributed by atoms with Crippen molar-refractivity contribution in [1.82, 2.24) is 14.7 Å². The lowest BCUT2D eigenvalue weighted by atomic mass is 10.1. The Balaban J connectivity index is 3.05. The van der Waals surface area contributed by atoms with Crippen molar-refractivity contribution in [3.05, 3.63) is 11.4 Å². The number of nitrogens with zero attached hydrogens (tertiary/aromatic N) is 4. The Labute approximate surface area is 113 Å². The molecule has 1 atom stereocenters. The van der Waals surface area contributed by atoms with E-state index in [0.717, 1.165) is 5.69 Å². The van der Waals surface area contributed by atoms with Crippen LogP contribution in [0.5, 0.6) is 0 Å². The SMILES string of the molecule is CCc1nn(C)c(C(=O)N(CC)CC(C)C#N)c1N. The highest BCUT2D eigenvalue weighted by atomic mass is 16.2. The van der Waals surface area contributed by atoms with Gasteiger partial charge in [-0.3, -0.25) is 9.48 Å². The van der Waals surface area contributed by atoms with Crippen LogP contribution in [0.4, 0.5) is 5.69 Å². The molecule has 2 N–H and O–H groups in total. The number of carbonyl (C=O) groups excluding carboxylic acids is 1. The highest BCUT2D eigenvalue weighted by molar-refractivity contribution is 5.98. The van der Waals surface area contributed by atoms with Gasteiger partial charge in [0.1, 0.15) is 5.69 Å². The van der Waals surface area contributed by atoms with Crippen molar-refractivity contribution in [1.29, 1.82) is 5.26 Å². The van der Waals surface area contributed by atoms with Gasteiger partial charge in [-0.05, 0) is 20.3 Å². The monoisotopic (exact) mass is 263 g/mol. The van der Waals surface area contributed by atoms with Gasteiger partial charge in [0.2, 0.25) is 0 Å². The van der Waals surface area contributed by atoms with Crippen LogP contribution in [0, 0.1) is 17.2 Å². The lowest BCUT2D eigenvalue weighted by Crippen LogP contribution is -2.35. The van der Waals surface area contributed by atoms with Gasteiger partial charge in [0, 0.05) is 20.1 Å². The molecular formula is C13H21N5O. The molecule has 0 aliphatic heterocycles. The topological polar surface area (TPSA) is 87.9 Å². The normalized spacial score (nSPS) is 11.9. The van der Waals surface area contributed by atoms with E-state index in [9.17, 15) is 4.79 Å². The minimum absolute atomic E-state index is 0.170. The molecule has 1 unspecified atom stereocenters. The molecule has 0 saturated heterocycles. The van der Waals surface area contributed by atoms with Gasteiger partial charge in [-0.2, -0.15) is 10.4 Å². The largest absolute Gasteiger partial charge is 0.395 e. The standard InChI is InChI=1S/C13H21N5O/c1-5-10-11(15)12(17(4)16-10)13(19)18(6-2)8-9(3)7-14/h9H,5-6,8,15H2,1-4H3. The van der Waals surface area contributed by atoms with Gasteiger partial charge in [0.05, 0.1) is 23.4 Å². The van der Waals surface area contributed by atoms with E-state index >= 15 is 0 Å². The lowest BCUT2D eigenvalue weighted by Gasteiger charge is -2.22. The van der Waals surface area contributed by atoms with E-state index in [-0.39, 0.29) is 11.8 Å². The van der Waals surface area contributed by atoms with Crippen molar-refractivity contribution >= 4 is 11.6 Å². The van der Waals surface area contributed by atoms with Gasteiger partial charge in [0.25, 0.3) is 5.91 Å². The molecule has 0 fully saturated rings. The van der Waals surface area contributed by atoms with Crippen LogP contribution in [0.1, 0.15) is 37.0 Å². The van der Waals surface area contributed by atoms with Crippen LogP contribution < -0.4 is 5.73 Å². The van der Waals surface area contributed by atoms with Crippen molar-refractivity contribution in [3.8, 4) is 6.07 Å². The van der Waals surface area contributed by atoms with Crippen LogP contribution in [0.25, 0.3) is 0 Å². The average Bonchev–Trinajstić information content (AvgIpc) is 2.69. The number of anilines is 1. The number of nitriles is 1. The molecule has 1 aromatic rings. The average molecular weight is 263 g/mol. The second-order valence-electron chi connectivity index (χ2n) is 4.56. The first-order valence-corrected chi connectivity index (χ1v) is 6.46. The first kappa shape index (κ1) is 15.0. The first-order valence-electron chi connectivity index (χ1n) is 6.46. The molecule has 0 spiro atoms. The zero-order chi connectivity index (χ0) is 14.6. The third-order valence-corrected chi connectivity index (χ3v) is 3.08. The molecule has 104 valence electrons. The van der Waals surface area contributed by atoms with Crippen LogP contribution >= 0.6 is 0 Å². The molecule has 19 heavy (non-hydrogen) atoms. The zero-order valence-corrected chi connectivity index (χ0v) is 12.0. The maximum Gasteiger partial charge on any atom is 0.274 e. The molecule has 6 nitrogen and oxygen atoms in total. The number of nitrogens with two attached hydrogens (primary N) is 1. The predicted octanol–water partition coefficient (Wildman–Crippen LogP) is 1.19. The number of aromatic nitrogens is 2. The van der Waals surface area contributed by atoms with Gasteiger partial charge >= 0.3 is 0 Å². The smallest absolute Gasteiger partial charge is 0.274 e. The Morgan fingerprint density at radius 3 is 2.63 bits per heavy atom. The van der Waals surface area contributed by atoms with Gasteiger partial charge in [-0.25, -0.2) is 0 Å². The Hall–Kier alpha value is -2.03. The number of nitrogen functional groups attached to an aromatic ring is 1. The van der Waals surface area contributed by atoms with E-state index in [4.69, 9.17) is 11.0 Å². The van der Waals surface area contributed by atoms with Gasteiger partial charge in [-0.15, -0.1) is 0 Å². The zero-order valence-electron chi connectivity index (χ0n) is 12.0. The summed E-state index contributed by atoms with van der Waals surface area (Å²) in [6.07, 6.45) is 0.688. The third kappa shape index (κ3) is 3.05. The van der Waals surface area contributed by atoms with E-state index in [2.05, 4.69) is 11.2 Å². The van der Waals surface area contributed by atoms with E-state index in [1.165, 1.54) is 4.68 Å². The summed E-state index contributed by atoms with van der Waals surface area (Å²) in [5.41, 5.74) is 7.56. The molecule has 0 aromatic carbocycles. The van der Waals surface area contributed by atoms with E-state index < -0.39 is 0 Å². The third-order valence-electron chi connectivity index (χ3n) is 3.08. The molecule has 1 rings (SSSR count). The number of carbonyl (C=O) groups is 1.